The van der Waals surface area contributed by atoms with Crippen LogP contribution in [0, 0.1) is 0 Å². The molecular formula is C25H25N3O5S. The Morgan fingerprint density at radius 1 is 1.18 bits per heavy atom. The number of hydrogen-bond acceptors (Lipinski definition) is 6. The van der Waals surface area contributed by atoms with Gasteiger partial charge in [-0.3, -0.25) is 14.9 Å². The van der Waals surface area contributed by atoms with Crippen LogP contribution in [0.4, 0.5) is 9.80 Å². The third-order valence-corrected chi connectivity index (χ3v) is 7.49. The van der Waals surface area contributed by atoms with E-state index in [1.807, 2.05) is 31.2 Å². The summed E-state index contributed by atoms with van der Waals surface area (Å²) in [4.78, 5) is 40.3. The molecule has 5 rings (SSSR count). The van der Waals surface area contributed by atoms with E-state index in [-0.39, 0.29) is 29.9 Å². The first-order chi connectivity index (χ1) is 16.4. The van der Waals surface area contributed by atoms with Crippen LogP contribution in [0.2, 0.25) is 0 Å². The van der Waals surface area contributed by atoms with Crippen molar-refractivity contribution < 1.29 is 24.2 Å². The summed E-state index contributed by atoms with van der Waals surface area (Å²) in [5.41, 5.74) is 0.232. The lowest BCUT2D eigenvalue weighted by Crippen LogP contribution is -2.52. The monoisotopic (exact) mass is 479 g/mol. The van der Waals surface area contributed by atoms with E-state index in [0.29, 0.717) is 54.4 Å². The Hall–Kier alpha value is -3.59. The number of phenolic OH excluding ortho intramolecular Hbond substituents is 1. The van der Waals surface area contributed by atoms with Gasteiger partial charge in [-0.05, 0) is 31.2 Å². The first-order valence-corrected chi connectivity index (χ1v) is 12.1. The van der Waals surface area contributed by atoms with Crippen LogP contribution in [0.15, 0.2) is 42.5 Å². The smallest absolute Gasteiger partial charge is 0.319 e. The van der Waals surface area contributed by atoms with E-state index in [0.717, 1.165) is 10.1 Å². The number of anilines is 1. The van der Waals surface area contributed by atoms with Gasteiger partial charge in [0, 0.05) is 42.6 Å². The average molecular weight is 480 g/mol. The lowest BCUT2D eigenvalue weighted by molar-refractivity contribution is -0.00569. The predicted octanol–water partition coefficient (Wildman–Crippen LogP) is 4.39. The van der Waals surface area contributed by atoms with Gasteiger partial charge in [-0.25, -0.2) is 4.79 Å². The Bertz CT molecular complexity index is 1290. The second-order valence-electron chi connectivity index (χ2n) is 8.64. The predicted molar refractivity (Wildman–Crippen MR) is 130 cm³/mol. The van der Waals surface area contributed by atoms with Crippen LogP contribution < -0.4 is 15.4 Å². The molecule has 3 amide bonds. The minimum Gasteiger partial charge on any atom is -0.508 e. The highest BCUT2D eigenvalue weighted by molar-refractivity contribution is 7.23. The number of urea groups is 1. The fourth-order valence-corrected chi connectivity index (χ4v) is 5.78. The molecule has 3 heterocycles. The van der Waals surface area contributed by atoms with Crippen molar-refractivity contribution in [1.29, 1.82) is 0 Å². The van der Waals surface area contributed by atoms with Crippen molar-refractivity contribution in [3.05, 3.63) is 53.6 Å². The zero-order valence-electron chi connectivity index (χ0n) is 18.7. The van der Waals surface area contributed by atoms with Crippen molar-refractivity contribution >= 4 is 44.1 Å². The number of rotatable bonds is 3. The molecule has 0 radical (unpaired) electrons. The van der Waals surface area contributed by atoms with Crippen LogP contribution in [0.3, 0.4) is 0 Å². The molecule has 0 atom stereocenters. The minimum absolute atomic E-state index is 0.0343. The number of amides is 3. The minimum atomic E-state index is -0.656. The molecule has 176 valence electrons. The number of aromatic hydroxyl groups is 1. The standard InChI is InChI=1S/C25H25N3O5S/c1-2-26-24(32)27-22-21(16-5-3-4-6-20(16)34-22)23(31)28-11-9-25(10-12-28)14-18(30)17-13-15(29)7-8-19(17)33-25/h3-8,13,29H,2,9-12,14H2,1H3,(H2,26,27,32). The zero-order chi connectivity index (χ0) is 23.9. The van der Waals surface area contributed by atoms with E-state index < -0.39 is 5.60 Å². The van der Waals surface area contributed by atoms with Gasteiger partial charge in [0.2, 0.25) is 0 Å². The third kappa shape index (κ3) is 3.96. The van der Waals surface area contributed by atoms with Gasteiger partial charge in [-0.1, -0.05) is 18.2 Å². The Balaban J connectivity index is 1.37. The second-order valence-corrected chi connectivity index (χ2v) is 9.70. The summed E-state index contributed by atoms with van der Waals surface area (Å²) in [7, 11) is 0. The Morgan fingerprint density at radius 3 is 2.71 bits per heavy atom. The van der Waals surface area contributed by atoms with E-state index in [2.05, 4.69) is 10.6 Å². The normalized spacial score (nSPS) is 16.7. The largest absolute Gasteiger partial charge is 0.508 e. The van der Waals surface area contributed by atoms with Crippen molar-refractivity contribution in [1.82, 2.24) is 10.2 Å². The third-order valence-electron chi connectivity index (χ3n) is 6.41. The van der Waals surface area contributed by atoms with Crippen molar-refractivity contribution in [2.45, 2.75) is 31.8 Å². The number of thiophene rings is 1. The van der Waals surface area contributed by atoms with Gasteiger partial charge in [-0.2, -0.15) is 0 Å². The number of phenols is 1. The van der Waals surface area contributed by atoms with Gasteiger partial charge in [0.25, 0.3) is 5.91 Å². The van der Waals surface area contributed by atoms with E-state index in [1.165, 1.54) is 23.5 Å². The lowest BCUT2D eigenvalue weighted by atomic mass is 9.82. The molecule has 0 saturated carbocycles. The van der Waals surface area contributed by atoms with Crippen molar-refractivity contribution in [2.75, 3.05) is 25.0 Å². The maximum atomic E-state index is 13.6. The number of nitrogens with one attached hydrogen (secondary N) is 2. The van der Waals surface area contributed by atoms with Gasteiger partial charge in [0.05, 0.1) is 17.5 Å². The van der Waals surface area contributed by atoms with Crippen LogP contribution in [-0.4, -0.2) is 53.0 Å². The van der Waals surface area contributed by atoms with Crippen LogP contribution >= 0.6 is 11.3 Å². The van der Waals surface area contributed by atoms with Crippen molar-refractivity contribution in [2.24, 2.45) is 0 Å². The highest BCUT2D eigenvalue weighted by Gasteiger charge is 2.44. The van der Waals surface area contributed by atoms with Crippen LogP contribution in [0.5, 0.6) is 11.5 Å². The molecule has 0 unspecified atom stereocenters. The van der Waals surface area contributed by atoms with Crippen LogP contribution in [0.25, 0.3) is 10.1 Å². The summed E-state index contributed by atoms with van der Waals surface area (Å²) in [6.45, 7) is 3.18. The van der Waals surface area contributed by atoms with Gasteiger partial charge in [0.15, 0.2) is 5.78 Å². The van der Waals surface area contributed by atoms with Crippen LogP contribution in [-0.2, 0) is 0 Å². The molecule has 8 nitrogen and oxygen atoms in total. The number of piperidine rings is 1. The van der Waals surface area contributed by atoms with E-state index >= 15 is 0 Å². The Kier molecular flexibility index (Phi) is 5.65. The fourth-order valence-electron chi connectivity index (χ4n) is 4.69. The van der Waals surface area contributed by atoms with Gasteiger partial charge >= 0.3 is 6.03 Å². The molecule has 2 aliphatic rings. The first kappa shape index (κ1) is 22.2. The molecular weight excluding hydrogens is 454 g/mol. The van der Waals surface area contributed by atoms with Crippen molar-refractivity contribution in [3.63, 3.8) is 0 Å². The number of nitrogens with zero attached hydrogens (tertiary/aromatic N) is 1. The summed E-state index contributed by atoms with van der Waals surface area (Å²) in [6, 6.07) is 11.8. The molecule has 2 aliphatic heterocycles. The molecule has 1 saturated heterocycles. The lowest BCUT2D eigenvalue weighted by Gasteiger charge is -2.44. The maximum absolute atomic E-state index is 13.6. The van der Waals surface area contributed by atoms with E-state index in [4.69, 9.17) is 4.74 Å². The number of hydrogen-bond donors (Lipinski definition) is 3. The molecule has 9 heteroatoms. The second kappa shape index (κ2) is 8.64. The molecule has 2 aromatic carbocycles. The topological polar surface area (TPSA) is 108 Å². The number of ether oxygens (including phenoxy) is 1. The summed E-state index contributed by atoms with van der Waals surface area (Å²) in [5, 5.41) is 16.6. The number of carbonyl (C=O) groups is 3. The summed E-state index contributed by atoms with van der Waals surface area (Å²) >= 11 is 1.38. The summed E-state index contributed by atoms with van der Waals surface area (Å²) < 4.78 is 7.17. The molecule has 1 aromatic heterocycles. The molecule has 1 spiro atoms. The van der Waals surface area contributed by atoms with E-state index in [1.54, 1.807) is 11.0 Å². The SMILES string of the molecule is CCNC(=O)Nc1sc2ccccc2c1C(=O)N1CCC2(CC1)CC(=O)c1cc(O)ccc1O2. The number of benzene rings is 2. The fraction of sp³-hybridized carbons (Fsp3) is 0.320. The molecule has 0 bridgehead atoms. The summed E-state index contributed by atoms with van der Waals surface area (Å²) in [5.74, 6) is 0.305. The van der Waals surface area contributed by atoms with Gasteiger partial charge in [0.1, 0.15) is 22.1 Å². The Morgan fingerprint density at radius 2 is 1.94 bits per heavy atom. The quantitative estimate of drug-likeness (QED) is 0.516. The van der Waals surface area contributed by atoms with E-state index in [9.17, 15) is 19.5 Å². The molecule has 1 fully saturated rings. The first-order valence-electron chi connectivity index (χ1n) is 11.3. The van der Waals surface area contributed by atoms with Gasteiger partial charge in [-0.15, -0.1) is 11.3 Å². The number of fused-ring (bicyclic) bond motifs is 2. The Labute approximate surface area is 200 Å². The maximum Gasteiger partial charge on any atom is 0.319 e. The molecule has 3 N–H and O–H groups in total. The zero-order valence-corrected chi connectivity index (χ0v) is 19.5. The highest BCUT2D eigenvalue weighted by Crippen LogP contribution is 2.42. The average Bonchev–Trinajstić information content (AvgIpc) is 3.17. The number of Topliss-reactive ketones (excluding diaryl/α,β-unsaturated/α-hetero) is 1. The van der Waals surface area contributed by atoms with Crippen LogP contribution in [0.1, 0.15) is 46.9 Å². The number of carbonyl (C=O) groups excluding carboxylic acids is 3. The molecule has 34 heavy (non-hydrogen) atoms. The number of ketones is 1. The molecule has 0 aliphatic carbocycles. The highest BCUT2D eigenvalue weighted by atomic mass is 32.1. The van der Waals surface area contributed by atoms with Gasteiger partial charge < -0.3 is 20.1 Å². The number of likely N-dealkylation sites (tertiary alicyclic amines) is 1. The van der Waals surface area contributed by atoms with Crippen molar-refractivity contribution in [3.8, 4) is 11.5 Å². The summed E-state index contributed by atoms with van der Waals surface area (Å²) in [6.07, 6.45) is 1.26. The molecule has 3 aromatic rings.